The van der Waals surface area contributed by atoms with E-state index < -0.39 is 0 Å². The molecule has 0 aliphatic heterocycles. The first kappa shape index (κ1) is 13.0. The maximum Gasteiger partial charge on any atom is 0.224 e. The van der Waals surface area contributed by atoms with E-state index in [1.807, 2.05) is 20.2 Å². The molecule has 1 aromatic heterocycles. The second-order valence-electron chi connectivity index (χ2n) is 3.90. The maximum absolute atomic E-state index is 11.5. The van der Waals surface area contributed by atoms with Gasteiger partial charge >= 0.3 is 0 Å². The van der Waals surface area contributed by atoms with Crippen LogP contribution >= 0.6 is 11.6 Å². The first-order valence-electron chi connectivity index (χ1n) is 5.43. The molecule has 1 atom stereocenters. The highest BCUT2D eigenvalue weighted by Gasteiger charge is 2.12. The van der Waals surface area contributed by atoms with Gasteiger partial charge in [0.25, 0.3) is 0 Å². The number of halogens is 1. The van der Waals surface area contributed by atoms with Gasteiger partial charge in [-0.1, -0.05) is 13.8 Å². The van der Waals surface area contributed by atoms with Crippen LogP contribution in [0.1, 0.15) is 25.1 Å². The van der Waals surface area contributed by atoms with Crippen LogP contribution < -0.4 is 5.32 Å². The van der Waals surface area contributed by atoms with Gasteiger partial charge in [-0.05, 0) is 6.42 Å². The summed E-state index contributed by atoms with van der Waals surface area (Å²) >= 11 is 5.61. The number of nitrogens with zero attached hydrogens (tertiary/aromatic N) is 2. The van der Waals surface area contributed by atoms with Gasteiger partial charge in [0, 0.05) is 37.2 Å². The zero-order chi connectivity index (χ0) is 12.1. The van der Waals surface area contributed by atoms with Crippen molar-refractivity contribution < 1.29 is 4.79 Å². The molecule has 1 rings (SSSR count). The van der Waals surface area contributed by atoms with E-state index in [-0.39, 0.29) is 11.8 Å². The van der Waals surface area contributed by atoms with E-state index in [1.54, 1.807) is 4.68 Å². The molecular weight excluding hydrogens is 226 g/mol. The van der Waals surface area contributed by atoms with Crippen molar-refractivity contribution in [3.8, 4) is 0 Å². The lowest BCUT2D eigenvalue weighted by Crippen LogP contribution is -2.29. The minimum absolute atomic E-state index is 0.0130. The van der Waals surface area contributed by atoms with Crippen LogP contribution in [0, 0.1) is 5.92 Å². The number of hydrogen-bond acceptors (Lipinski definition) is 2. The van der Waals surface area contributed by atoms with Crippen LogP contribution in [0.2, 0.25) is 0 Å². The van der Waals surface area contributed by atoms with Crippen LogP contribution in [0.4, 0.5) is 0 Å². The third-order valence-corrected chi connectivity index (χ3v) is 2.92. The number of carbonyl (C=O) groups excluding carboxylic acids is 1. The lowest BCUT2D eigenvalue weighted by molar-refractivity contribution is -0.124. The average molecular weight is 244 g/mol. The topological polar surface area (TPSA) is 46.9 Å². The minimum Gasteiger partial charge on any atom is -0.352 e. The van der Waals surface area contributed by atoms with E-state index in [1.165, 1.54) is 0 Å². The van der Waals surface area contributed by atoms with Crippen LogP contribution in [0.15, 0.2) is 6.20 Å². The Hall–Kier alpha value is -1.03. The van der Waals surface area contributed by atoms with Gasteiger partial charge in [0.05, 0.1) is 5.69 Å². The molecule has 0 fully saturated rings. The van der Waals surface area contributed by atoms with Crippen molar-refractivity contribution in [3.63, 3.8) is 0 Å². The molecule has 16 heavy (non-hydrogen) atoms. The van der Waals surface area contributed by atoms with Crippen molar-refractivity contribution >= 4 is 17.5 Å². The third-order valence-electron chi connectivity index (χ3n) is 2.46. The van der Waals surface area contributed by atoms with Crippen molar-refractivity contribution in [2.75, 3.05) is 5.88 Å². The van der Waals surface area contributed by atoms with Gasteiger partial charge < -0.3 is 5.32 Å². The number of nitrogens with one attached hydrogen (secondary N) is 1. The third kappa shape index (κ3) is 3.23. The molecule has 0 aliphatic rings. The Morgan fingerprint density at radius 1 is 1.69 bits per heavy atom. The van der Waals surface area contributed by atoms with Gasteiger partial charge in [0.15, 0.2) is 0 Å². The summed E-state index contributed by atoms with van der Waals surface area (Å²) in [6.07, 6.45) is 2.81. The molecule has 0 radical (unpaired) electrons. The van der Waals surface area contributed by atoms with Gasteiger partial charge in [-0.25, -0.2) is 0 Å². The Bertz CT molecular complexity index is 362. The molecule has 0 saturated carbocycles. The molecule has 0 aliphatic carbocycles. The smallest absolute Gasteiger partial charge is 0.224 e. The zero-order valence-electron chi connectivity index (χ0n) is 9.96. The SMILES string of the molecule is CCc1nn(C)cc1CNC(=O)C(C)CCl. The van der Waals surface area contributed by atoms with Gasteiger partial charge in [-0.15, -0.1) is 11.6 Å². The second kappa shape index (κ2) is 5.89. The summed E-state index contributed by atoms with van der Waals surface area (Å²) in [6.45, 7) is 4.39. The van der Waals surface area contributed by atoms with E-state index >= 15 is 0 Å². The Labute approximate surface area is 101 Å². The molecule has 0 saturated heterocycles. The highest BCUT2D eigenvalue weighted by molar-refractivity contribution is 6.19. The predicted molar refractivity (Wildman–Crippen MR) is 64.3 cm³/mol. The van der Waals surface area contributed by atoms with Gasteiger partial charge in [0.1, 0.15) is 0 Å². The summed E-state index contributed by atoms with van der Waals surface area (Å²) in [6, 6.07) is 0. The molecule has 0 spiro atoms. The average Bonchev–Trinajstić information content (AvgIpc) is 2.65. The molecule has 5 heteroatoms. The van der Waals surface area contributed by atoms with Gasteiger partial charge in [0.2, 0.25) is 5.91 Å². The Morgan fingerprint density at radius 2 is 2.38 bits per heavy atom. The highest BCUT2D eigenvalue weighted by atomic mass is 35.5. The Kier molecular flexibility index (Phi) is 4.80. The fraction of sp³-hybridized carbons (Fsp3) is 0.636. The van der Waals surface area contributed by atoms with Crippen LogP contribution in [-0.2, 0) is 24.8 Å². The van der Waals surface area contributed by atoms with Crippen molar-refractivity contribution in [1.29, 1.82) is 0 Å². The maximum atomic E-state index is 11.5. The molecule has 4 nitrogen and oxygen atoms in total. The number of carbonyl (C=O) groups is 1. The fourth-order valence-corrected chi connectivity index (χ4v) is 1.60. The van der Waals surface area contributed by atoms with Gasteiger partial charge in [-0.3, -0.25) is 9.48 Å². The van der Waals surface area contributed by atoms with Crippen LogP contribution in [0.5, 0.6) is 0 Å². The summed E-state index contributed by atoms with van der Waals surface area (Å²) in [4.78, 5) is 11.5. The number of hydrogen-bond donors (Lipinski definition) is 1. The minimum atomic E-state index is -0.150. The molecule has 90 valence electrons. The standard InChI is InChI=1S/C11H18ClN3O/c1-4-10-9(7-15(3)14-10)6-13-11(16)8(2)5-12/h7-8H,4-6H2,1-3H3,(H,13,16). The van der Waals surface area contributed by atoms with E-state index in [4.69, 9.17) is 11.6 Å². The van der Waals surface area contributed by atoms with Crippen molar-refractivity contribution in [2.24, 2.45) is 13.0 Å². The number of aromatic nitrogens is 2. The van der Waals surface area contributed by atoms with Crippen molar-refractivity contribution in [3.05, 3.63) is 17.5 Å². The number of aryl methyl sites for hydroxylation is 2. The lowest BCUT2D eigenvalue weighted by Gasteiger charge is -2.08. The fourth-order valence-electron chi connectivity index (χ4n) is 1.46. The molecular formula is C11H18ClN3O. The van der Waals surface area contributed by atoms with Crippen LogP contribution in [-0.4, -0.2) is 21.6 Å². The monoisotopic (exact) mass is 243 g/mol. The molecule has 1 N–H and O–H groups in total. The Balaban J connectivity index is 2.57. The number of amides is 1. The zero-order valence-corrected chi connectivity index (χ0v) is 10.7. The van der Waals surface area contributed by atoms with Crippen LogP contribution in [0.3, 0.4) is 0 Å². The first-order valence-corrected chi connectivity index (χ1v) is 5.97. The summed E-state index contributed by atoms with van der Waals surface area (Å²) in [5.41, 5.74) is 2.10. The van der Waals surface area contributed by atoms with Gasteiger partial charge in [-0.2, -0.15) is 5.10 Å². The molecule has 1 amide bonds. The molecule has 1 unspecified atom stereocenters. The molecule has 0 bridgehead atoms. The second-order valence-corrected chi connectivity index (χ2v) is 4.21. The summed E-state index contributed by atoms with van der Waals surface area (Å²) < 4.78 is 1.77. The van der Waals surface area contributed by atoms with E-state index in [0.29, 0.717) is 12.4 Å². The predicted octanol–water partition coefficient (Wildman–Crippen LogP) is 1.47. The summed E-state index contributed by atoms with van der Waals surface area (Å²) in [5.74, 6) is 0.184. The number of rotatable bonds is 5. The Morgan fingerprint density at radius 3 is 2.94 bits per heavy atom. The largest absolute Gasteiger partial charge is 0.352 e. The quantitative estimate of drug-likeness (QED) is 0.797. The van der Waals surface area contributed by atoms with E-state index in [0.717, 1.165) is 17.7 Å². The van der Waals surface area contributed by atoms with E-state index in [2.05, 4.69) is 17.3 Å². The van der Waals surface area contributed by atoms with Crippen molar-refractivity contribution in [2.45, 2.75) is 26.8 Å². The molecule has 1 aromatic rings. The first-order chi connectivity index (χ1) is 7.58. The molecule has 1 heterocycles. The summed E-state index contributed by atoms with van der Waals surface area (Å²) in [5, 5.41) is 7.17. The van der Waals surface area contributed by atoms with E-state index in [9.17, 15) is 4.79 Å². The van der Waals surface area contributed by atoms with Crippen molar-refractivity contribution in [1.82, 2.24) is 15.1 Å². The van der Waals surface area contributed by atoms with Crippen LogP contribution in [0.25, 0.3) is 0 Å². The lowest BCUT2D eigenvalue weighted by atomic mass is 10.2. The normalized spacial score (nSPS) is 12.5. The summed E-state index contributed by atoms with van der Waals surface area (Å²) in [7, 11) is 1.88. The molecule has 0 aromatic carbocycles. The highest BCUT2D eigenvalue weighted by Crippen LogP contribution is 2.07. The number of alkyl halides is 1.